The van der Waals surface area contributed by atoms with Gasteiger partial charge in [0, 0.05) is 13.1 Å². The van der Waals surface area contributed by atoms with Gasteiger partial charge in [-0.3, -0.25) is 0 Å². The number of nitrogens with one attached hydrogen (secondary N) is 1. The van der Waals surface area contributed by atoms with Crippen LogP contribution in [0.2, 0.25) is 0 Å². The minimum absolute atomic E-state index is 0.0661. The number of hydrogen-bond donors (Lipinski definition) is 2. The summed E-state index contributed by atoms with van der Waals surface area (Å²) in [6, 6.07) is 9.65. The maximum Gasteiger partial charge on any atom is 0.174 e. The monoisotopic (exact) mass is 274 g/mol. The van der Waals surface area contributed by atoms with Crippen molar-refractivity contribution in [3.63, 3.8) is 0 Å². The highest BCUT2D eigenvalue weighted by atomic mass is 16.5. The molecule has 2 N–H and O–H groups in total. The molecule has 0 aliphatic heterocycles. The number of ether oxygens (including phenoxy) is 1. The molecule has 1 aliphatic rings. The van der Waals surface area contributed by atoms with Gasteiger partial charge in [0.15, 0.2) is 6.61 Å². The fourth-order valence-electron chi connectivity index (χ4n) is 2.69. The van der Waals surface area contributed by atoms with E-state index in [-0.39, 0.29) is 6.61 Å². The van der Waals surface area contributed by atoms with Gasteiger partial charge in [0.1, 0.15) is 11.8 Å². The highest BCUT2D eigenvalue weighted by Crippen LogP contribution is 2.27. The Morgan fingerprint density at radius 1 is 1.30 bits per heavy atom. The lowest BCUT2D eigenvalue weighted by Crippen LogP contribution is -2.41. The van der Waals surface area contributed by atoms with Gasteiger partial charge in [0.05, 0.1) is 5.60 Å². The van der Waals surface area contributed by atoms with Crippen LogP contribution in [0, 0.1) is 11.3 Å². The van der Waals surface area contributed by atoms with Crippen molar-refractivity contribution in [3.05, 3.63) is 29.8 Å². The molecule has 4 nitrogen and oxygen atoms in total. The number of hydrogen-bond acceptors (Lipinski definition) is 4. The predicted octanol–water partition coefficient (Wildman–Crippen LogP) is 2.37. The molecule has 1 saturated carbocycles. The lowest BCUT2D eigenvalue weighted by Gasteiger charge is -2.32. The van der Waals surface area contributed by atoms with Crippen LogP contribution in [0.3, 0.4) is 0 Å². The Hall–Kier alpha value is -1.57. The van der Waals surface area contributed by atoms with Gasteiger partial charge in [-0.2, -0.15) is 5.26 Å². The van der Waals surface area contributed by atoms with Gasteiger partial charge in [-0.05, 0) is 30.5 Å². The Bertz CT molecular complexity index is 462. The predicted molar refractivity (Wildman–Crippen MR) is 77.3 cm³/mol. The van der Waals surface area contributed by atoms with Crippen LogP contribution < -0.4 is 10.1 Å². The minimum atomic E-state index is -0.535. The molecule has 0 heterocycles. The topological polar surface area (TPSA) is 65.3 Å². The lowest BCUT2D eigenvalue weighted by atomic mass is 9.85. The summed E-state index contributed by atoms with van der Waals surface area (Å²) in [5.74, 6) is 0.710. The first-order valence-corrected chi connectivity index (χ1v) is 7.24. The fraction of sp³-hybridized carbons (Fsp3) is 0.562. The summed E-state index contributed by atoms with van der Waals surface area (Å²) in [6.45, 7) is 1.40. The molecular weight excluding hydrogens is 252 g/mol. The van der Waals surface area contributed by atoms with E-state index >= 15 is 0 Å². The first kappa shape index (κ1) is 14.8. The average molecular weight is 274 g/mol. The molecule has 20 heavy (non-hydrogen) atoms. The number of benzene rings is 1. The van der Waals surface area contributed by atoms with Crippen LogP contribution in [-0.2, 0) is 6.54 Å². The molecule has 0 bridgehead atoms. The molecular formula is C16H22N2O2. The second-order valence-corrected chi connectivity index (χ2v) is 5.48. The smallest absolute Gasteiger partial charge is 0.174 e. The maximum absolute atomic E-state index is 10.4. The van der Waals surface area contributed by atoms with E-state index in [1.54, 1.807) is 0 Å². The Morgan fingerprint density at radius 3 is 2.85 bits per heavy atom. The Labute approximate surface area is 120 Å². The van der Waals surface area contributed by atoms with Crippen molar-refractivity contribution >= 4 is 0 Å². The summed E-state index contributed by atoms with van der Waals surface area (Å²) in [5.41, 5.74) is 0.563. The molecule has 0 saturated heterocycles. The van der Waals surface area contributed by atoms with Crippen molar-refractivity contribution in [2.45, 2.75) is 44.2 Å². The lowest BCUT2D eigenvalue weighted by molar-refractivity contribution is 0.00467. The fourth-order valence-corrected chi connectivity index (χ4v) is 2.69. The van der Waals surface area contributed by atoms with E-state index in [2.05, 4.69) is 5.32 Å². The Morgan fingerprint density at radius 2 is 2.10 bits per heavy atom. The van der Waals surface area contributed by atoms with E-state index in [4.69, 9.17) is 10.00 Å². The van der Waals surface area contributed by atoms with Gasteiger partial charge >= 0.3 is 0 Å². The summed E-state index contributed by atoms with van der Waals surface area (Å²) < 4.78 is 5.27. The van der Waals surface area contributed by atoms with Gasteiger partial charge in [-0.15, -0.1) is 0 Å². The van der Waals surface area contributed by atoms with E-state index in [9.17, 15) is 5.11 Å². The van der Waals surface area contributed by atoms with Crippen LogP contribution in [0.15, 0.2) is 24.3 Å². The van der Waals surface area contributed by atoms with Crippen molar-refractivity contribution in [1.82, 2.24) is 5.32 Å². The zero-order valence-corrected chi connectivity index (χ0v) is 11.8. The molecule has 1 fully saturated rings. The van der Waals surface area contributed by atoms with Gasteiger partial charge in [-0.1, -0.05) is 31.4 Å². The molecule has 0 spiro atoms. The molecule has 0 atom stereocenters. The van der Waals surface area contributed by atoms with Crippen molar-refractivity contribution in [3.8, 4) is 11.8 Å². The molecule has 0 aromatic heterocycles. The van der Waals surface area contributed by atoms with Gasteiger partial charge in [0.2, 0.25) is 0 Å². The summed E-state index contributed by atoms with van der Waals surface area (Å²) in [7, 11) is 0. The van der Waals surface area contributed by atoms with Crippen molar-refractivity contribution in [2.24, 2.45) is 0 Å². The number of nitrogens with zero attached hydrogens (tertiary/aromatic N) is 1. The van der Waals surface area contributed by atoms with Crippen LogP contribution >= 0.6 is 0 Å². The molecule has 1 aromatic carbocycles. The Balaban J connectivity index is 1.80. The molecule has 0 radical (unpaired) electrons. The highest BCUT2D eigenvalue weighted by Gasteiger charge is 2.28. The van der Waals surface area contributed by atoms with Gasteiger partial charge < -0.3 is 15.2 Å². The van der Waals surface area contributed by atoms with E-state index in [0.29, 0.717) is 18.8 Å². The first-order chi connectivity index (χ1) is 9.72. The molecule has 4 heteroatoms. The summed E-state index contributed by atoms with van der Waals surface area (Å²) >= 11 is 0. The third kappa shape index (κ3) is 4.52. The van der Waals surface area contributed by atoms with Crippen molar-refractivity contribution in [2.75, 3.05) is 13.2 Å². The second-order valence-electron chi connectivity index (χ2n) is 5.48. The molecule has 1 aromatic rings. The van der Waals surface area contributed by atoms with E-state index in [0.717, 1.165) is 31.2 Å². The third-order valence-corrected chi connectivity index (χ3v) is 3.77. The van der Waals surface area contributed by atoms with Crippen molar-refractivity contribution in [1.29, 1.82) is 5.26 Å². The average Bonchev–Trinajstić information content (AvgIpc) is 2.46. The summed E-state index contributed by atoms with van der Waals surface area (Å²) in [4.78, 5) is 0. The van der Waals surface area contributed by atoms with Crippen LogP contribution in [0.1, 0.15) is 37.7 Å². The number of nitriles is 1. The standard InChI is InChI=1S/C16H22N2O2/c17-9-10-20-15-6-4-5-14(11-15)12-18-13-16(19)7-2-1-3-8-16/h4-6,11,18-19H,1-3,7-8,10,12-13H2. The normalized spacial score (nSPS) is 17.4. The zero-order chi connectivity index (χ0) is 14.3. The van der Waals surface area contributed by atoms with E-state index in [1.165, 1.54) is 6.42 Å². The number of rotatable bonds is 6. The minimum Gasteiger partial charge on any atom is -0.479 e. The summed E-state index contributed by atoms with van der Waals surface area (Å²) in [5, 5.41) is 22.2. The molecule has 2 rings (SSSR count). The molecule has 108 valence electrons. The van der Waals surface area contributed by atoms with E-state index < -0.39 is 5.60 Å². The molecule has 0 amide bonds. The third-order valence-electron chi connectivity index (χ3n) is 3.77. The van der Waals surface area contributed by atoms with Gasteiger partial charge in [-0.25, -0.2) is 0 Å². The van der Waals surface area contributed by atoms with Crippen LogP contribution in [0.5, 0.6) is 5.75 Å². The quantitative estimate of drug-likeness (QED) is 0.836. The largest absolute Gasteiger partial charge is 0.479 e. The highest BCUT2D eigenvalue weighted by molar-refractivity contribution is 5.28. The van der Waals surface area contributed by atoms with Gasteiger partial charge in [0.25, 0.3) is 0 Å². The second kappa shape index (κ2) is 7.28. The Kier molecular flexibility index (Phi) is 5.40. The van der Waals surface area contributed by atoms with E-state index in [1.807, 2.05) is 30.3 Å². The van der Waals surface area contributed by atoms with Crippen molar-refractivity contribution < 1.29 is 9.84 Å². The first-order valence-electron chi connectivity index (χ1n) is 7.24. The van der Waals surface area contributed by atoms with Crippen LogP contribution in [0.4, 0.5) is 0 Å². The number of aliphatic hydroxyl groups is 1. The zero-order valence-electron chi connectivity index (χ0n) is 11.8. The molecule has 0 unspecified atom stereocenters. The van der Waals surface area contributed by atoms with Crippen LogP contribution in [0.25, 0.3) is 0 Å². The SMILES string of the molecule is N#CCOc1cccc(CNCC2(O)CCCCC2)c1. The molecule has 1 aliphatic carbocycles. The maximum atomic E-state index is 10.4. The van der Waals surface area contributed by atoms with Crippen LogP contribution in [-0.4, -0.2) is 23.9 Å². The summed E-state index contributed by atoms with van der Waals surface area (Å²) in [6.07, 6.45) is 5.27.